The third-order valence-electron chi connectivity index (χ3n) is 4.71. The number of anilines is 2. The van der Waals surface area contributed by atoms with Crippen molar-refractivity contribution in [3.05, 3.63) is 86.9 Å². The summed E-state index contributed by atoms with van der Waals surface area (Å²) in [5.74, 6) is 0.551. The first kappa shape index (κ1) is 18.6. The van der Waals surface area contributed by atoms with Gasteiger partial charge in [0.15, 0.2) is 0 Å². The quantitative estimate of drug-likeness (QED) is 0.423. The maximum atomic E-state index is 6.48. The first-order chi connectivity index (χ1) is 13.7. The van der Waals surface area contributed by atoms with E-state index in [2.05, 4.69) is 50.0 Å². The Morgan fingerprint density at radius 3 is 2.57 bits per heavy atom. The number of aryl methyl sites for hydroxylation is 1. The Kier molecular flexibility index (Phi) is 5.38. The lowest BCUT2D eigenvalue weighted by Crippen LogP contribution is -2.20. The van der Waals surface area contributed by atoms with Gasteiger partial charge in [-0.1, -0.05) is 36.4 Å². The van der Waals surface area contributed by atoms with Gasteiger partial charge in [-0.3, -0.25) is 4.99 Å². The van der Waals surface area contributed by atoms with E-state index in [1.807, 2.05) is 48.7 Å². The van der Waals surface area contributed by atoms with Crippen LogP contribution in [0.2, 0.25) is 0 Å². The summed E-state index contributed by atoms with van der Waals surface area (Å²) in [5.41, 5.74) is 13.0. The van der Waals surface area contributed by atoms with Crippen molar-refractivity contribution in [2.45, 2.75) is 12.8 Å². The Balaban J connectivity index is 1.79. The number of nitrogens with zero attached hydrogens (tertiary/aromatic N) is 3. The van der Waals surface area contributed by atoms with Crippen LogP contribution in [0.1, 0.15) is 23.2 Å². The topological polar surface area (TPSA) is 76.2 Å². The molecule has 4 rings (SSSR count). The average molecular weight is 481 g/mol. The van der Waals surface area contributed by atoms with Crippen molar-refractivity contribution in [2.24, 2.45) is 10.7 Å². The Labute approximate surface area is 178 Å². The summed E-state index contributed by atoms with van der Waals surface area (Å²) >= 11 is 2.33. The van der Waals surface area contributed by atoms with Crippen LogP contribution in [-0.4, -0.2) is 22.7 Å². The molecular formula is C22H20IN5. The minimum atomic E-state index is 0.551. The van der Waals surface area contributed by atoms with Gasteiger partial charge < -0.3 is 11.1 Å². The molecule has 3 aromatic rings. The zero-order chi connectivity index (χ0) is 19.5. The summed E-state index contributed by atoms with van der Waals surface area (Å²) in [7, 11) is 1.80. The molecule has 1 aliphatic rings. The zero-order valence-electron chi connectivity index (χ0n) is 15.5. The van der Waals surface area contributed by atoms with Crippen LogP contribution in [0.5, 0.6) is 0 Å². The van der Waals surface area contributed by atoms with E-state index in [9.17, 15) is 0 Å². The molecular weight excluding hydrogens is 461 g/mol. The van der Waals surface area contributed by atoms with Crippen LogP contribution < -0.4 is 11.1 Å². The summed E-state index contributed by atoms with van der Waals surface area (Å²) in [6.45, 7) is 0. The number of rotatable bonds is 4. The summed E-state index contributed by atoms with van der Waals surface area (Å²) in [5, 5.41) is 3.27. The second-order valence-corrected chi connectivity index (χ2v) is 7.67. The lowest BCUT2D eigenvalue weighted by atomic mass is 9.88. The van der Waals surface area contributed by atoms with Crippen molar-refractivity contribution in [3.63, 3.8) is 0 Å². The Morgan fingerprint density at radius 2 is 1.82 bits per heavy atom. The number of para-hydroxylation sites is 1. The molecule has 2 aromatic carbocycles. The van der Waals surface area contributed by atoms with Gasteiger partial charge >= 0.3 is 0 Å². The predicted octanol–water partition coefficient (Wildman–Crippen LogP) is 4.56. The Morgan fingerprint density at radius 1 is 1.07 bits per heavy atom. The maximum absolute atomic E-state index is 6.48. The highest BCUT2D eigenvalue weighted by Crippen LogP contribution is 2.32. The number of aliphatic imine (C=N–C) groups is 1. The molecule has 0 bridgehead atoms. The number of fused-ring (bicyclic) bond motifs is 1. The van der Waals surface area contributed by atoms with Crippen molar-refractivity contribution in [1.82, 2.24) is 9.97 Å². The van der Waals surface area contributed by atoms with E-state index < -0.39 is 0 Å². The van der Waals surface area contributed by atoms with Crippen LogP contribution in [-0.2, 0) is 6.42 Å². The van der Waals surface area contributed by atoms with E-state index in [4.69, 9.17) is 10.7 Å². The predicted molar refractivity (Wildman–Crippen MR) is 123 cm³/mol. The van der Waals surface area contributed by atoms with Gasteiger partial charge in [0.1, 0.15) is 0 Å². The average Bonchev–Trinajstić information content (AvgIpc) is 2.72. The fraction of sp³-hybridized carbons (Fsp3) is 0.136. The lowest BCUT2D eigenvalue weighted by molar-refractivity contribution is 0.880. The minimum absolute atomic E-state index is 0.551. The van der Waals surface area contributed by atoms with Crippen molar-refractivity contribution >= 4 is 45.5 Å². The molecule has 0 unspecified atom stereocenters. The summed E-state index contributed by atoms with van der Waals surface area (Å²) in [6.07, 6.45) is 3.50. The first-order valence-corrected chi connectivity index (χ1v) is 10.1. The third kappa shape index (κ3) is 3.64. The maximum Gasteiger partial charge on any atom is 0.227 e. The van der Waals surface area contributed by atoms with Crippen molar-refractivity contribution in [3.8, 4) is 0 Å². The summed E-state index contributed by atoms with van der Waals surface area (Å²) < 4.78 is 1.13. The second kappa shape index (κ2) is 8.10. The normalized spacial score (nSPS) is 14.0. The van der Waals surface area contributed by atoms with Gasteiger partial charge in [0, 0.05) is 39.3 Å². The van der Waals surface area contributed by atoms with E-state index in [0.717, 1.165) is 55.9 Å². The van der Waals surface area contributed by atoms with Gasteiger partial charge in [0.2, 0.25) is 5.95 Å². The van der Waals surface area contributed by atoms with Crippen LogP contribution in [0, 0.1) is 3.57 Å². The SMILES string of the molecule is CN=C(C1=C(N)CCc2cnc(Nc3ccccc3)nc21)c1ccccc1I. The van der Waals surface area contributed by atoms with E-state index in [-0.39, 0.29) is 0 Å². The Bertz CT molecular complexity index is 1070. The highest BCUT2D eigenvalue weighted by Gasteiger charge is 2.25. The van der Waals surface area contributed by atoms with E-state index in [1.165, 1.54) is 0 Å². The second-order valence-electron chi connectivity index (χ2n) is 6.51. The van der Waals surface area contributed by atoms with Crippen LogP contribution >= 0.6 is 22.6 Å². The van der Waals surface area contributed by atoms with Crippen LogP contribution in [0.25, 0.3) is 5.57 Å². The molecule has 1 aliphatic carbocycles. The summed E-state index contributed by atoms with van der Waals surface area (Å²) in [6, 6.07) is 18.1. The third-order valence-corrected chi connectivity index (χ3v) is 5.65. The van der Waals surface area contributed by atoms with Gasteiger partial charge in [-0.25, -0.2) is 9.97 Å². The molecule has 0 saturated heterocycles. The van der Waals surface area contributed by atoms with E-state index in [0.29, 0.717) is 5.95 Å². The fourth-order valence-corrected chi connectivity index (χ4v) is 3.99. The number of halogens is 1. The molecule has 28 heavy (non-hydrogen) atoms. The highest BCUT2D eigenvalue weighted by molar-refractivity contribution is 14.1. The van der Waals surface area contributed by atoms with Crippen molar-refractivity contribution in [1.29, 1.82) is 0 Å². The van der Waals surface area contributed by atoms with Gasteiger partial charge in [-0.2, -0.15) is 0 Å². The molecule has 0 amide bonds. The molecule has 0 spiro atoms. The molecule has 0 radical (unpaired) electrons. The van der Waals surface area contributed by atoms with E-state index in [1.54, 1.807) is 7.05 Å². The first-order valence-electron chi connectivity index (χ1n) is 9.06. The van der Waals surface area contributed by atoms with Gasteiger partial charge in [0.05, 0.1) is 11.4 Å². The molecule has 0 aliphatic heterocycles. The highest BCUT2D eigenvalue weighted by atomic mass is 127. The smallest absolute Gasteiger partial charge is 0.227 e. The van der Waals surface area contributed by atoms with Gasteiger partial charge in [0.25, 0.3) is 0 Å². The molecule has 140 valence electrons. The molecule has 0 fully saturated rings. The summed E-state index contributed by atoms with van der Waals surface area (Å²) in [4.78, 5) is 13.9. The number of allylic oxidation sites excluding steroid dienone is 2. The van der Waals surface area contributed by atoms with Crippen molar-refractivity contribution in [2.75, 3.05) is 12.4 Å². The number of aromatic nitrogens is 2. The molecule has 6 heteroatoms. The number of nitrogens with one attached hydrogen (secondary N) is 1. The molecule has 5 nitrogen and oxygen atoms in total. The van der Waals surface area contributed by atoms with Gasteiger partial charge in [-0.15, -0.1) is 0 Å². The molecule has 0 saturated carbocycles. The number of hydrogen-bond acceptors (Lipinski definition) is 5. The van der Waals surface area contributed by atoms with E-state index >= 15 is 0 Å². The number of nitrogens with two attached hydrogens (primary N) is 1. The fourth-order valence-electron chi connectivity index (χ4n) is 3.35. The molecule has 1 aromatic heterocycles. The largest absolute Gasteiger partial charge is 0.401 e. The molecule has 1 heterocycles. The van der Waals surface area contributed by atoms with Crippen LogP contribution in [0.3, 0.4) is 0 Å². The van der Waals surface area contributed by atoms with Crippen LogP contribution in [0.15, 0.2) is 71.5 Å². The Hall–Kier alpha value is -2.74. The molecule has 0 atom stereocenters. The van der Waals surface area contributed by atoms with Gasteiger partial charge in [-0.05, 0) is 59.2 Å². The molecule has 3 N–H and O–H groups in total. The standard InChI is InChI=1S/C22H20IN5/c1-25-21(16-9-5-6-10-17(16)23)19-18(24)12-11-14-13-26-22(28-20(14)19)27-15-7-3-2-4-8-15/h2-10,13H,11-12,24H2,1H3,(H,26,27,28). The lowest BCUT2D eigenvalue weighted by Gasteiger charge is -2.22. The zero-order valence-corrected chi connectivity index (χ0v) is 17.6. The number of benzene rings is 2. The van der Waals surface area contributed by atoms with Crippen molar-refractivity contribution < 1.29 is 0 Å². The minimum Gasteiger partial charge on any atom is -0.401 e. The van der Waals surface area contributed by atoms with Crippen LogP contribution in [0.4, 0.5) is 11.6 Å². The number of hydrogen-bond donors (Lipinski definition) is 2. The monoisotopic (exact) mass is 481 g/mol.